The van der Waals surface area contributed by atoms with Gasteiger partial charge in [0, 0.05) is 13.6 Å². The van der Waals surface area contributed by atoms with Gasteiger partial charge in [-0.15, -0.1) is 0 Å². The van der Waals surface area contributed by atoms with Crippen molar-refractivity contribution >= 4 is 50.3 Å². The van der Waals surface area contributed by atoms with Crippen LogP contribution in [0.15, 0.2) is 46.9 Å². The van der Waals surface area contributed by atoms with E-state index in [0.29, 0.717) is 11.3 Å². The summed E-state index contributed by atoms with van der Waals surface area (Å²) in [7, 11) is 0. The highest BCUT2D eigenvalue weighted by Gasteiger charge is 2.20. The largest absolute Gasteiger partial charge is 0.483 e. The zero-order chi connectivity index (χ0) is 19.3. The van der Waals surface area contributed by atoms with Gasteiger partial charge in [-0.3, -0.25) is 20.4 Å². The Hall–Kier alpha value is -1.61. The second-order valence-electron chi connectivity index (χ2n) is 6.66. The highest BCUT2D eigenvalue weighted by atomic mass is 127. The van der Waals surface area contributed by atoms with E-state index in [1.54, 1.807) is 12.1 Å². The Bertz CT molecular complexity index is 819. The van der Waals surface area contributed by atoms with E-state index in [1.807, 2.05) is 30.3 Å². The van der Waals surface area contributed by atoms with Crippen LogP contribution in [0, 0.1) is 3.57 Å². The van der Waals surface area contributed by atoms with Gasteiger partial charge >= 0.3 is 0 Å². The molecule has 0 aliphatic carbocycles. The van der Waals surface area contributed by atoms with E-state index in [9.17, 15) is 9.59 Å². The minimum Gasteiger partial charge on any atom is -0.483 e. The maximum Gasteiger partial charge on any atom is 0.276 e. The van der Waals surface area contributed by atoms with Gasteiger partial charge in [0.05, 0.1) is 5.56 Å². The minimum absolute atomic E-state index is 0.131. The van der Waals surface area contributed by atoms with Crippen LogP contribution in [0.25, 0.3) is 0 Å². The molecule has 0 aromatic heterocycles. The van der Waals surface area contributed by atoms with Crippen molar-refractivity contribution in [2.75, 3.05) is 6.61 Å². The number of hydrogen-bond donors (Lipinski definition) is 2. The fraction of sp³-hybridized carbons (Fsp3) is 0.263. The van der Waals surface area contributed by atoms with Crippen LogP contribution in [-0.4, -0.2) is 18.4 Å². The number of benzene rings is 2. The number of nitrogens with one attached hydrogen (secondary N) is 2. The second-order valence-corrected chi connectivity index (χ2v) is 8.74. The average Bonchev–Trinajstić information content (AvgIpc) is 2.58. The lowest BCUT2D eigenvalue weighted by molar-refractivity contribution is -0.123. The van der Waals surface area contributed by atoms with E-state index in [0.717, 1.165) is 13.6 Å². The van der Waals surface area contributed by atoms with E-state index in [4.69, 9.17) is 4.74 Å². The van der Waals surface area contributed by atoms with Crippen molar-refractivity contribution in [1.29, 1.82) is 0 Å². The van der Waals surface area contributed by atoms with Crippen LogP contribution in [0.3, 0.4) is 0 Å². The van der Waals surface area contributed by atoms with Crippen molar-refractivity contribution < 1.29 is 14.3 Å². The third kappa shape index (κ3) is 5.70. The lowest BCUT2D eigenvalue weighted by Gasteiger charge is -2.23. The van der Waals surface area contributed by atoms with E-state index < -0.39 is 5.91 Å². The van der Waals surface area contributed by atoms with Gasteiger partial charge in [0.2, 0.25) is 0 Å². The number of hydrazine groups is 1. The molecule has 2 amide bonds. The van der Waals surface area contributed by atoms with E-state index >= 15 is 0 Å². The first-order chi connectivity index (χ1) is 12.2. The maximum absolute atomic E-state index is 12.1. The van der Waals surface area contributed by atoms with Gasteiger partial charge < -0.3 is 4.74 Å². The first-order valence-corrected chi connectivity index (χ1v) is 9.82. The summed E-state index contributed by atoms with van der Waals surface area (Å²) in [5, 5.41) is 0. The molecule has 2 rings (SSSR count). The fourth-order valence-electron chi connectivity index (χ4n) is 2.23. The SMILES string of the molecule is CC(C)(C)c1cc(Br)ccc1OCC(=O)NNC(=O)c1ccccc1I. The summed E-state index contributed by atoms with van der Waals surface area (Å²) < 4.78 is 7.41. The van der Waals surface area contributed by atoms with Crippen molar-refractivity contribution in [1.82, 2.24) is 10.9 Å². The molecule has 5 nitrogen and oxygen atoms in total. The Balaban J connectivity index is 1.94. The topological polar surface area (TPSA) is 67.4 Å². The van der Waals surface area contributed by atoms with Gasteiger partial charge in [-0.1, -0.05) is 48.8 Å². The molecule has 0 atom stereocenters. The maximum atomic E-state index is 12.1. The van der Waals surface area contributed by atoms with E-state index in [-0.39, 0.29) is 17.9 Å². The first-order valence-electron chi connectivity index (χ1n) is 7.95. The Morgan fingerprint density at radius 1 is 1.12 bits per heavy atom. The second kappa shape index (κ2) is 8.85. The number of carbonyl (C=O) groups is 2. The number of halogens is 2. The van der Waals surface area contributed by atoms with Crippen molar-refractivity contribution in [3.05, 3.63) is 61.6 Å². The molecule has 2 aromatic rings. The molecule has 0 aliphatic heterocycles. The lowest BCUT2D eigenvalue weighted by atomic mass is 9.86. The predicted octanol–water partition coefficient (Wildman–Crippen LogP) is 4.19. The Kier molecular flexibility index (Phi) is 7.05. The van der Waals surface area contributed by atoms with Crippen molar-refractivity contribution in [3.63, 3.8) is 0 Å². The standard InChI is InChI=1S/C19H20BrIN2O3/c1-19(2,3)14-10-12(20)8-9-16(14)26-11-17(24)22-23-18(25)13-6-4-5-7-15(13)21/h4-10H,11H2,1-3H3,(H,22,24)(H,23,25). The van der Waals surface area contributed by atoms with Crippen LogP contribution < -0.4 is 15.6 Å². The molecule has 138 valence electrons. The highest BCUT2D eigenvalue weighted by Crippen LogP contribution is 2.33. The predicted molar refractivity (Wildman–Crippen MR) is 113 cm³/mol. The molecule has 0 spiro atoms. The molecular formula is C19H20BrIN2O3. The molecule has 0 fully saturated rings. The molecule has 26 heavy (non-hydrogen) atoms. The third-order valence-electron chi connectivity index (χ3n) is 3.54. The summed E-state index contributed by atoms with van der Waals surface area (Å²) >= 11 is 5.52. The smallest absolute Gasteiger partial charge is 0.276 e. The third-order valence-corrected chi connectivity index (χ3v) is 4.98. The number of amides is 2. The van der Waals surface area contributed by atoms with Gasteiger partial charge in [-0.2, -0.15) is 0 Å². The summed E-state index contributed by atoms with van der Waals surface area (Å²) in [6.45, 7) is 6.02. The Morgan fingerprint density at radius 2 is 1.81 bits per heavy atom. The van der Waals surface area contributed by atoms with Crippen LogP contribution in [0.1, 0.15) is 36.7 Å². The molecule has 0 heterocycles. The van der Waals surface area contributed by atoms with Gasteiger partial charge in [0.15, 0.2) is 6.61 Å². The number of carbonyl (C=O) groups excluding carboxylic acids is 2. The quantitative estimate of drug-likeness (QED) is 0.460. The molecule has 0 aliphatic rings. The average molecular weight is 531 g/mol. The molecule has 2 aromatic carbocycles. The number of ether oxygens (including phenoxy) is 1. The monoisotopic (exact) mass is 530 g/mol. The van der Waals surface area contributed by atoms with Crippen LogP contribution in [0.5, 0.6) is 5.75 Å². The van der Waals surface area contributed by atoms with E-state index in [2.05, 4.69) is 70.1 Å². The zero-order valence-corrected chi connectivity index (χ0v) is 18.5. The van der Waals surface area contributed by atoms with Crippen molar-refractivity contribution in [2.45, 2.75) is 26.2 Å². The molecule has 0 saturated carbocycles. The van der Waals surface area contributed by atoms with Crippen LogP contribution in [0.2, 0.25) is 0 Å². The fourth-order valence-corrected chi connectivity index (χ4v) is 3.23. The molecule has 0 radical (unpaired) electrons. The van der Waals surface area contributed by atoms with Crippen LogP contribution in [0.4, 0.5) is 0 Å². The van der Waals surface area contributed by atoms with E-state index in [1.165, 1.54) is 0 Å². The molecule has 2 N–H and O–H groups in total. The lowest BCUT2D eigenvalue weighted by Crippen LogP contribution is -2.44. The zero-order valence-electron chi connectivity index (χ0n) is 14.7. The van der Waals surface area contributed by atoms with Gasteiger partial charge in [-0.05, 0) is 58.3 Å². The Labute approximate surface area is 175 Å². The van der Waals surface area contributed by atoms with Gasteiger partial charge in [0.1, 0.15) is 5.75 Å². The van der Waals surface area contributed by atoms with Crippen LogP contribution in [-0.2, 0) is 10.2 Å². The van der Waals surface area contributed by atoms with Gasteiger partial charge in [-0.25, -0.2) is 0 Å². The number of hydrogen-bond acceptors (Lipinski definition) is 3. The summed E-state index contributed by atoms with van der Waals surface area (Å²) in [5.74, 6) is -0.172. The molecule has 0 unspecified atom stereocenters. The van der Waals surface area contributed by atoms with Crippen molar-refractivity contribution in [2.24, 2.45) is 0 Å². The summed E-state index contributed by atoms with van der Waals surface area (Å²) in [5.41, 5.74) is 6.13. The van der Waals surface area contributed by atoms with Gasteiger partial charge in [0.25, 0.3) is 11.8 Å². The summed E-state index contributed by atoms with van der Waals surface area (Å²) in [6, 6.07) is 12.8. The molecule has 7 heteroatoms. The first kappa shape index (κ1) is 20.7. The molecule has 0 bridgehead atoms. The number of rotatable bonds is 4. The molecular weight excluding hydrogens is 511 g/mol. The van der Waals surface area contributed by atoms with Crippen molar-refractivity contribution in [3.8, 4) is 5.75 Å². The Morgan fingerprint density at radius 3 is 2.46 bits per heavy atom. The minimum atomic E-state index is -0.438. The normalized spacial score (nSPS) is 11.0. The molecule has 0 saturated heterocycles. The summed E-state index contributed by atoms with van der Waals surface area (Å²) in [4.78, 5) is 24.1. The summed E-state index contributed by atoms with van der Waals surface area (Å²) in [6.07, 6.45) is 0. The van der Waals surface area contributed by atoms with Crippen LogP contribution >= 0.6 is 38.5 Å². The highest BCUT2D eigenvalue weighted by molar-refractivity contribution is 14.1.